The van der Waals surface area contributed by atoms with Crippen molar-refractivity contribution in [2.75, 3.05) is 0 Å². The number of H-pyrrole nitrogens is 2. The number of rotatable bonds is 0. The molecular formula is C11H9N3O. The molecule has 0 bridgehead atoms. The van der Waals surface area contributed by atoms with Gasteiger partial charge in [0.25, 0.3) is 5.56 Å². The first kappa shape index (κ1) is 8.23. The van der Waals surface area contributed by atoms with Crippen LogP contribution >= 0.6 is 0 Å². The van der Waals surface area contributed by atoms with Crippen LogP contribution < -0.4 is 5.56 Å². The molecule has 0 atom stereocenters. The Kier molecular flexibility index (Phi) is 1.48. The fourth-order valence-electron chi connectivity index (χ4n) is 1.83. The molecule has 2 aromatic heterocycles. The maximum atomic E-state index is 11.6. The van der Waals surface area contributed by atoms with Crippen LogP contribution in [-0.2, 0) is 0 Å². The maximum Gasteiger partial charge on any atom is 0.275 e. The summed E-state index contributed by atoms with van der Waals surface area (Å²) in [5.41, 5.74) is 2.11. The topological polar surface area (TPSA) is 61.5 Å². The van der Waals surface area contributed by atoms with Crippen molar-refractivity contribution in [3.63, 3.8) is 0 Å². The van der Waals surface area contributed by atoms with Crippen molar-refractivity contribution in [1.29, 1.82) is 0 Å². The van der Waals surface area contributed by atoms with Crippen molar-refractivity contribution in [1.82, 2.24) is 15.0 Å². The number of hydrogen-bond donors (Lipinski definition) is 2. The van der Waals surface area contributed by atoms with Crippen LogP contribution in [0.15, 0.2) is 29.1 Å². The predicted molar refractivity (Wildman–Crippen MR) is 59.0 cm³/mol. The van der Waals surface area contributed by atoms with E-state index in [9.17, 15) is 4.79 Å². The molecule has 0 aliphatic carbocycles. The van der Waals surface area contributed by atoms with Crippen molar-refractivity contribution < 1.29 is 0 Å². The molecule has 2 heterocycles. The summed E-state index contributed by atoms with van der Waals surface area (Å²) in [6.45, 7) is 1.78. The highest BCUT2D eigenvalue weighted by atomic mass is 16.1. The molecule has 0 aliphatic rings. The number of nitrogens with zero attached hydrogens (tertiary/aromatic N) is 1. The zero-order chi connectivity index (χ0) is 10.4. The van der Waals surface area contributed by atoms with Gasteiger partial charge in [-0.15, -0.1) is 0 Å². The highest BCUT2D eigenvalue weighted by Crippen LogP contribution is 2.20. The molecular weight excluding hydrogens is 190 g/mol. The summed E-state index contributed by atoms with van der Waals surface area (Å²) in [7, 11) is 0. The zero-order valence-electron chi connectivity index (χ0n) is 8.16. The second kappa shape index (κ2) is 2.70. The molecule has 3 aromatic rings. The molecule has 0 saturated heterocycles. The van der Waals surface area contributed by atoms with Gasteiger partial charge in [-0.2, -0.15) is 0 Å². The highest BCUT2D eigenvalue weighted by Gasteiger charge is 2.07. The molecule has 0 fully saturated rings. The molecule has 1 aromatic carbocycles. The van der Waals surface area contributed by atoms with Crippen LogP contribution in [0.3, 0.4) is 0 Å². The van der Waals surface area contributed by atoms with E-state index >= 15 is 0 Å². The van der Waals surface area contributed by atoms with Crippen LogP contribution in [-0.4, -0.2) is 15.0 Å². The van der Waals surface area contributed by atoms with Gasteiger partial charge in [0.05, 0.1) is 0 Å². The monoisotopic (exact) mass is 199 g/mol. The van der Waals surface area contributed by atoms with Gasteiger partial charge in [0.15, 0.2) is 0 Å². The molecule has 15 heavy (non-hydrogen) atoms. The Hall–Kier alpha value is -2.10. The van der Waals surface area contributed by atoms with Crippen LogP contribution in [0.1, 0.15) is 5.82 Å². The van der Waals surface area contributed by atoms with Crippen molar-refractivity contribution >= 4 is 21.9 Å². The molecule has 0 spiro atoms. The van der Waals surface area contributed by atoms with E-state index in [2.05, 4.69) is 15.0 Å². The second-order valence-corrected chi connectivity index (χ2v) is 3.55. The lowest BCUT2D eigenvalue weighted by Gasteiger charge is -1.92. The Balaban J connectivity index is 2.67. The Morgan fingerprint density at radius 1 is 1.20 bits per heavy atom. The summed E-state index contributed by atoms with van der Waals surface area (Å²) in [6.07, 6.45) is 0. The van der Waals surface area contributed by atoms with E-state index in [4.69, 9.17) is 0 Å². The van der Waals surface area contributed by atoms with E-state index < -0.39 is 0 Å². The first-order chi connectivity index (χ1) is 7.25. The zero-order valence-corrected chi connectivity index (χ0v) is 8.16. The molecule has 3 rings (SSSR count). The predicted octanol–water partition coefficient (Wildman–Crippen LogP) is 1.71. The number of aromatic amines is 2. The minimum atomic E-state index is -0.117. The van der Waals surface area contributed by atoms with Gasteiger partial charge in [-0.25, -0.2) is 4.98 Å². The van der Waals surface area contributed by atoms with Gasteiger partial charge in [-0.05, 0) is 13.0 Å². The third-order valence-electron chi connectivity index (χ3n) is 2.48. The second-order valence-electron chi connectivity index (χ2n) is 3.55. The van der Waals surface area contributed by atoms with Crippen LogP contribution in [0.2, 0.25) is 0 Å². The van der Waals surface area contributed by atoms with Gasteiger partial charge in [0.2, 0.25) is 0 Å². The van der Waals surface area contributed by atoms with Gasteiger partial charge in [0.1, 0.15) is 16.9 Å². The van der Waals surface area contributed by atoms with E-state index in [1.54, 1.807) is 6.92 Å². The summed E-state index contributed by atoms with van der Waals surface area (Å²) in [5.74, 6) is 0.636. The Morgan fingerprint density at radius 2 is 2.00 bits per heavy atom. The smallest absolute Gasteiger partial charge is 0.275 e. The molecule has 0 unspecified atom stereocenters. The van der Waals surface area contributed by atoms with Gasteiger partial charge >= 0.3 is 0 Å². The number of para-hydroxylation sites is 1. The average molecular weight is 199 g/mol. The molecule has 4 nitrogen and oxygen atoms in total. The molecule has 4 heteroatoms. The lowest BCUT2D eigenvalue weighted by atomic mass is 10.2. The number of aromatic nitrogens is 3. The van der Waals surface area contributed by atoms with E-state index in [1.807, 2.05) is 24.3 Å². The summed E-state index contributed by atoms with van der Waals surface area (Å²) in [6, 6.07) is 7.76. The average Bonchev–Trinajstić information content (AvgIpc) is 2.57. The Morgan fingerprint density at radius 3 is 2.87 bits per heavy atom. The van der Waals surface area contributed by atoms with Crippen LogP contribution in [0.5, 0.6) is 0 Å². The first-order valence-electron chi connectivity index (χ1n) is 4.73. The van der Waals surface area contributed by atoms with Crippen molar-refractivity contribution in [3.05, 3.63) is 40.4 Å². The van der Waals surface area contributed by atoms with E-state index in [-0.39, 0.29) is 5.56 Å². The lowest BCUT2D eigenvalue weighted by molar-refractivity contribution is 1.06. The van der Waals surface area contributed by atoms with Gasteiger partial charge in [-0.1, -0.05) is 18.2 Å². The van der Waals surface area contributed by atoms with E-state index in [0.717, 1.165) is 16.4 Å². The van der Waals surface area contributed by atoms with Crippen LogP contribution in [0.25, 0.3) is 21.9 Å². The minimum absolute atomic E-state index is 0.117. The first-order valence-corrected chi connectivity index (χ1v) is 4.73. The summed E-state index contributed by atoms with van der Waals surface area (Å²) >= 11 is 0. The molecule has 2 N–H and O–H groups in total. The number of benzene rings is 1. The molecule has 0 amide bonds. The van der Waals surface area contributed by atoms with Gasteiger partial charge in [-0.3, -0.25) is 4.79 Å². The lowest BCUT2D eigenvalue weighted by Crippen LogP contribution is -2.09. The highest BCUT2D eigenvalue weighted by molar-refractivity contribution is 6.04. The molecule has 0 aliphatic heterocycles. The normalized spacial score (nSPS) is 11.3. The summed E-state index contributed by atoms with van der Waals surface area (Å²) in [5, 5.41) is 0.988. The standard InChI is InChI=1S/C11H9N3O/c1-6-12-9-7-4-2-3-5-8(7)14-10(9)11(15)13-6/h2-5,14H,1H3,(H,12,13,15). The van der Waals surface area contributed by atoms with Crippen molar-refractivity contribution in [2.45, 2.75) is 6.92 Å². The Labute approximate surface area is 85.0 Å². The Bertz CT molecular complexity index is 708. The number of fused-ring (bicyclic) bond motifs is 3. The van der Waals surface area contributed by atoms with Gasteiger partial charge in [0, 0.05) is 10.9 Å². The number of hydrogen-bond acceptors (Lipinski definition) is 2. The minimum Gasteiger partial charge on any atom is -0.349 e. The molecule has 74 valence electrons. The summed E-state index contributed by atoms with van der Waals surface area (Å²) < 4.78 is 0. The SMILES string of the molecule is Cc1nc2c([nH]c3ccccc32)c(=O)[nH]1. The van der Waals surface area contributed by atoms with Crippen molar-refractivity contribution in [2.24, 2.45) is 0 Å². The van der Waals surface area contributed by atoms with Crippen LogP contribution in [0.4, 0.5) is 0 Å². The maximum absolute atomic E-state index is 11.6. The third-order valence-corrected chi connectivity index (χ3v) is 2.48. The number of aryl methyl sites for hydroxylation is 1. The molecule has 0 radical (unpaired) electrons. The molecule has 0 saturated carbocycles. The van der Waals surface area contributed by atoms with Crippen LogP contribution in [0, 0.1) is 6.92 Å². The van der Waals surface area contributed by atoms with E-state index in [0.29, 0.717) is 11.3 Å². The largest absolute Gasteiger partial charge is 0.349 e. The number of nitrogens with one attached hydrogen (secondary N) is 2. The third kappa shape index (κ3) is 1.08. The fraction of sp³-hybridized carbons (Fsp3) is 0.0909. The van der Waals surface area contributed by atoms with Crippen molar-refractivity contribution in [3.8, 4) is 0 Å². The van der Waals surface area contributed by atoms with E-state index in [1.165, 1.54) is 0 Å². The van der Waals surface area contributed by atoms with Gasteiger partial charge < -0.3 is 9.97 Å². The summed E-state index contributed by atoms with van der Waals surface area (Å²) in [4.78, 5) is 21.7. The quantitative estimate of drug-likeness (QED) is 0.579. The fourth-order valence-corrected chi connectivity index (χ4v) is 1.83.